The van der Waals surface area contributed by atoms with Crippen molar-refractivity contribution in [1.29, 1.82) is 0 Å². The van der Waals surface area contributed by atoms with E-state index < -0.39 is 24.2 Å². The van der Waals surface area contributed by atoms with E-state index in [-0.39, 0.29) is 29.3 Å². The molecule has 35 heavy (non-hydrogen) atoms. The number of ether oxygens (including phenoxy) is 2. The predicted molar refractivity (Wildman–Crippen MR) is 121 cm³/mol. The number of anilines is 1. The fourth-order valence-corrected chi connectivity index (χ4v) is 4.11. The summed E-state index contributed by atoms with van der Waals surface area (Å²) in [5.41, 5.74) is 3.56. The molecule has 1 saturated heterocycles. The number of likely N-dealkylation sites (tertiary alicyclic amines) is 1. The van der Waals surface area contributed by atoms with Crippen molar-refractivity contribution in [3.8, 4) is 16.9 Å². The summed E-state index contributed by atoms with van der Waals surface area (Å²) in [7, 11) is 1.24. The molecular formula is C23H25ClF3N3O5. The van der Waals surface area contributed by atoms with Crippen LogP contribution in [0.2, 0.25) is 5.02 Å². The second-order valence-corrected chi connectivity index (χ2v) is 8.24. The largest absolute Gasteiger partial charge is 0.573 e. The molecule has 1 aliphatic heterocycles. The molecule has 0 aliphatic carbocycles. The molecule has 1 amide bonds. The van der Waals surface area contributed by atoms with Gasteiger partial charge in [0.1, 0.15) is 11.9 Å². The van der Waals surface area contributed by atoms with E-state index in [4.69, 9.17) is 11.6 Å². The first-order valence-electron chi connectivity index (χ1n) is 10.8. The Morgan fingerprint density at radius 1 is 1.17 bits per heavy atom. The summed E-state index contributed by atoms with van der Waals surface area (Å²) in [6.45, 7) is 0.416. The lowest BCUT2D eigenvalue weighted by atomic mass is 10.0. The number of hydrogen-bond acceptors (Lipinski definition) is 7. The molecular weight excluding hydrogens is 491 g/mol. The van der Waals surface area contributed by atoms with E-state index in [9.17, 15) is 28.0 Å². The summed E-state index contributed by atoms with van der Waals surface area (Å²) in [5, 5.41) is 11.6. The van der Waals surface area contributed by atoms with Gasteiger partial charge < -0.3 is 14.4 Å². The van der Waals surface area contributed by atoms with E-state index in [0.29, 0.717) is 24.2 Å². The number of nitrogens with zero attached hydrogens (tertiary/aromatic N) is 2. The highest BCUT2D eigenvalue weighted by atomic mass is 35.5. The number of nitrogens with one attached hydrogen (secondary N) is 1. The van der Waals surface area contributed by atoms with E-state index in [0.717, 1.165) is 18.0 Å². The average Bonchev–Trinajstić information content (AvgIpc) is 2.82. The molecule has 2 N–H and O–H groups in total. The highest BCUT2D eigenvalue weighted by Crippen LogP contribution is 2.38. The van der Waals surface area contributed by atoms with Crippen LogP contribution in [0.3, 0.4) is 0 Å². The monoisotopic (exact) mass is 515 g/mol. The first-order valence-corrected chi connectivity index (χ1v) is 11.2. The second-order valence-electron chi connectivity index (χ2n) is 7.83. The number of hydrazine groups is 1. The van der Waals surface area contributed by atoms with Gasteiger partial charge in [-0.1, -0.05) is 41.0 Å². The van der Waals surface area contributed by atoms with Crippen molar-refractivity contribution in [3.63, 3.8) is 0 Å². The molecule has 1 aliphatic rings. The highest BCUT2D eigenvalue weighted by Gasteiger charge is 2.33. The Balaban J connectivity index is 1.73. The first-order chi connectivity index (χ1) is 16.6. The number of rotatable bonds is 8. The van der Waals surface area contributed by atoms with Gasteiger partial charge >= 0.3 is 12.3 Å². The van der Waals surface area contributed by atoms with Crippen LogP contribution in [-0.4, -0.2) is 53.3 Å². The molecule has 3 rings (SSSR count). The summed E-state index contributed by atoms with van der Waals surface area (Å²) < 4.78 is 47.0. The number of para-hydroxylation sites is 1. The van der Waals surface area contributed by atoms with Crippen molar-refractivity contribution in [2.75, 3.05) is 19.1 Å². The smallest absolute Gasteiger partial charge is 0.469 e. The molecule has 190 valence electrons. The van der Waals surface area contributed by atoms with Gasteiger partial charge in [0, 0.05) is 24.1 Å². The van der Waals surface area contributed by atoms with Gasteiger partial charge in [-0.3, -0.25) is 20.2 Å². The maximum Gasteiger partial charge on any atom is 0.573 e. The van der Waals surface area contributed by atoms with Gasteiger partial charge in [0.2, 0.25) is 5.91 Å². The van der Waals surface area contributed by atoms with Crippen LogP contribution in [-0.2, 0) is 14.3 Å². The third kappa shape index (κ3) is 7.23. The Bertz CT molecular complexity index is 1050. The van der Waals surface area contributed by atoms with Gasteiger partial charge in [0.05, 0.1) is 24.2 Å². The summed E-state index contributed by atoms with van der Waals surface area (Å²) in [4.78, 5) is 25.5. The second kappa shape index (κ2) is 11.6. The molecule has 2 aromatic carbocycles. The third-order valence-corrected chi connectivity index (χ3v) is 5.77. The fourth-order valence-electron chi connectivity index (χ4n) is 3.83. The molecule has 1 atom stereocenters. The number of methoxy groups -OCH3 is 1. The minimum atomic E-state index is -4.86. The number of benzene rings is 2. The minimum Gasteiger partial charge on any atom is -0.469 e. The summed E-state index contributed by atoms with van der Waals surface area (Å²) in [5.74, 6) is -1.19. The Kier molecular flexibility index (Phi) is 8.82. The Morgan fingerprint density at radius 3 is 2.60 bits per heavy atom. The van der Waals surface area contributed by atoms with Crippen molar-refractivity contribution >= 4 is 29.2 Å². The van der Waals surface area contributed by atoms with Gasteiger partial charge in [-0.05, 0) is 37.5 Å². The number of alkyl halides is 3. The van der Waals surface area contributed by atoms with Gasteiger partial charge in [-0.2, -0.15) is 0 Å². The van der Waals surface area contributed by atoms with Gasteiger partial charge in [-0.15, -0.1) is 13.2 Å². The fraction of sp³-hybridized carbons (Fsp3) is 0.391. The standard InChI is InChI=1S/C23H25ClF3N3O5/c1-34-22(32)12-11-21(31)29-13-5-4-8-20(29)30(33)28-15-9-10-16(18(24)14-15)17-6-2-3-7-19(17)35-23(25,26)27/h2-3,6-7,9-10,14,20,28,33H,4-5,8,11-13H2,1H3. The zero-order valence-corrected chi connectivity index (χ0v) is 19.6. The Labute approximate surface area is 205 Å². The Morgan fingerprint density at radius 2 is 1.91 bits per heavy atom. The van der Waals surface area contributed by atoms with Crippen LogP contribution in [0.5, 0.6) is 5.75 Å². The van der Waals surface area contributed by atoms with Crippen molar-refractivity contribution in [3.05, 3.63) is 47.5 Å². The molecule has 0 saturated carbocycles. The van der Waals surface area contributed by atoms with Crippen molar-refractivity contribution in [1.82, 2.24) is 10.1 Å². The number of amides is 1. The van der Waals surface area contributed by atoms with Crippen LogP contribution >= 0.6 is 11.6 Å². The molecule has 8 nitrogen and oxygen atoms in total. The maximum absolute atomic E-state index is 12.8. The topological polar surface area (TPSA) is 91.3 Å². The Hall–Kier alpha value is -3.02. The molecule has 0 radical (unpaired) electrons. The van der Waals surface area contributed by atoms with Crippen LogP contribution in [0.25, 0.3) is 11.1 Å². The molecule has 1 fully saturated rings. The molecule has 1 heterocycles. The predicted octanol–water partition coefficient (Wildman–Crippen LogP) is 5.22. The van der Waals surface area contributed by atoms with E-state index in [1.165, 1.54) is 48.4 Å². The van der Waals surface area contributed by atoms with Gasteiger partial charge in [0.25, 0.3) is 0 Å². The summed E-state index contributed by atoms with van der Waals surface area (Å²) in [6.07, 6.45) is -3.63. The van der Waals surface area contributed by atoms with Gasteiger partial charge in [0.15, 0.2) is 0 Å². The molecule has 1 unspecified atom stereocenters. The summed E-state index contributed by atoms with van der Waals surface area (Å²) >= 11 is 6.35. The quantitative estimate of drug-likeness (QED) is 0.368. The summed E-state index contributed by atoms with van der Waals surface area (Å²) in [6, 6.07) is 10.1. The molecule has 0 aromatic heterocycles. The van der Waals surface area contributed by atoms with Crippen LogP contribution < -0.4 is 10.2 Å². The van der Waals surface area contributed by atoms with E-state index >= 15 is 0 Å². The zero-order valence-electron chi connectivity index (χ0n) is 18.8. The number of hydroxylamine groups is 1. The van der Waals surface area contributed by atoms with Crippen molar-refractivity contribution in [2.45, 2.75) is 44.6 Å². The molecule has 12 heteroatoms. The number of hydrogen-bond donors (Lipinski definition) is 2. The molecule has 2 aromatic rings. The van der Waals surface area contributed by atoms with Crippen molar-refractivity contribution in [2.24, 2.45) is 0 Å². The number of halogens is 4. The van der Waals surface area contributed by atoms with Crippen LogP contribution in [0, 0.1) is 0 Å². The number of carbonyl (C=O) groups excluding carboxylic acids is 2. The van der Waals surface area contributed by atoms with Gasteiger partial charge in [-0.25, -0.2) is 0 Å². The minimum absolute atomic E-state index is 0.0447. The van der Waals surface area contributed by atoms with Crippen molar-refractivity contribution < 1.29 is 37.4 Å². The maximum atomic E-state index is 12.8. The van der Waals surface area contributed by atoms with E-state index in [2.05, 4.69) is 14.9 Å². The SMILES string of the molecule is COC(=O)CCC(=O)N1CCCCC1N(O)Nc1ccc(-c2ccccc2OC(F)(F)F)c(Cl)c1. The molecule has 0 spiro atoms. The lowest BCUT2D eigenvalue weighted by Gasteiger charge is -2.39. The normalized spacial score (nSPS) is 16.2. The third-order valence-electron chi connectivity index (χ3n) is 5.46. The number of carbonyl (C=O) groups is 2. The van der Waals surface area contributed by atoms with Crippen LogP contribution in [0.15, 0.2) is 42.5 Å². The highest BCUT2D eigenvalue weighted by molar-refractivity contribution is 6.33. The zero-order chi connectivity index (χ0) is 25.6. The van der Waals surface area contributed by atoms with E-state index in [1.807, 2.05) is 0 Å². The van der Waals surface area contributed by atoms with E-state index in [1.54, 1.807) is 6.07 Å². The lowest BCUT2D eigenvalue weighted by Crippen LogP contribution is -2.54. The lowest BCUT2D eigenvalue weighted by molar-refractivity contribution is -0.274. The number of piperidine rings is 1. The molecule has 0 bridgehead atoms. The number of esters is 1. The van der Waals surface area contributed by atoms with Crippen LogP contribution in [0.1, 0.15) is 32.1 Å². The first kappa shape index (κ1) is 26.6. The van der Waals surface area contributed by atoms with Crippen LogP contribution in [0.4, 0.5) is 18.9 Å². The average molecular weight is 516 g/mol.